The van der Waals surface area contributed by atoms with Crippen LogP contribution in [0.5, 0.6) is 0 Å². The van der Waals surface area contributed by atoms with Gasteiger partial charge in [-0.3, -0.25) is 9.48 Å². The smallest absolute Gasteiger partial charge is 0.271 e. The fourth-order valence-electron chi connectivity index (χ4n) is 2.18. The molecular formula is C14H24N4OS. The van der Waals surface area contributed by atoms with Gasteiger partial charge in [-0.05, 0) is 45.6 Å². The third-order valence-electron chi connectivity index (χ3n) is 3.71. The Morgan fingerprint density at radius 3 is 3.10 bits per heavy atom. The highest BCUT2D eigenvalue weighted by Gasteiger charge is 2.20. The highest BCUT2D eigenvalue weighted by Crippen LogP contribution is 2.20. The van der Waals surface area contributed by atoms with E-state index in [2.05, 4.69) is 35.8 Å². The lowest BCUT2D eigenvalue weighted by molar-refractivity contribution is 0.0944. The second-order valence-electron chi connectivity index (χ2n) is 5.83. The van der Waals surface area contributed by atoms with Crippen LogP contribution in [0, 0.1) is 0 Å². The molecule has 2 N–H and O–H groups in total. The van der Waals surface area contributed by atoms with Gasteiger partial charge in [0.15, 0.2) is 0 Å². The molecule has 0 spiro atoms. The summed E-state index contributed by atoms with van der Waals surface area (Å²) in [5, 5.41) is 10.7. The normalized spacial score (nSPS) is 19.9. The van der Waals surface area contributed by atoms with Gasteiger partial charge < -0.3 is 10.6 Å². The van der Waals surface area contributed by atoms with Gasteiger partial charge in [0.2, 0.25) is 0 Å². The maximum Gasteiger partial charge on any atom is 0.271 e. The molecule has 1 atom stereocenters. The van der Waals surface area contributed by atoms with Crippen LogP contribution in [0.2, 0.25) is 0 Å². The number of piperidine rings is 1. The molecule has 0 bridgehead atoms. The summed E-state index contributed by atoms with van der Waals surface area (Å²) in [6, 6.07) is 2.17. The van der Waals surface area contributed by atoms with E-state index in [4.69, 9.17) is 0 Å². The fourth-order valence-corrected chi connectivity index (χ4v) is 2.39. The first-order valence-corrected chi connectivity index (χ1v) is 8.33. The van der Waals surface area contributed by atoms with E-state index < -0.39 is 0 Å². The highest BCUT2D eigenvalue weighted by molar-refractivity contribution is 7.99. The number of aromatic nitrogens is 2. The molecule has 1 aliphatic rings. The van der Waals surface area contributed by atoms with Gasteiger partial charge in [0.05, 0.1) is 6.04 Å². The standard InChI is InChI=1S/C14H24N4OS/c1-14(2,20-3)10-16-13(19)12-6-8-18(17-12)11-5-4-7-15-9-11/h6,8,11,15H,4-5,7,9-10H2,1-3H3,(H,16,19). The summed E-state index contributed by atoms with van der Waals surface area (Å²) in [6.07, 6.45) is 6.24. The van der Waals surface area contributed by atoms with Crippen LogP contribution >= 0.6 is 11.8 Å². The van der Waals surface area contributed by atoms with Gasteiger partial charge >= 0.3 is 0 Å². The molecule has 20 heavy (non-hydrogen) atoms. The predicted molar refractivity (Wildman–Crippen MR) is 83.3 cm³/mol. The molecule has 1 aromatic rings. The molecule has 6 heteroatoms. The zero-order valence-corrected chi connectivity index (χ0v) is 13.3. The lowest BCUT2D eigenvalue weighted by atomic mass is 10.1. The van der Waals surface area contributed by atoms with Crippen LogP contribution in [-0.4, -0.2) is 46.3 Å². The zero-order valence-electron chi connectivity index (χ0n) is 12.5. The topological polar surface area (TPSA) is 59.0 Å². The molecule has 1 aromatic heterocycles. The quantitative estimate of drug-likeness (QED) is 0.868. The molecule has 5 nitrogen and oxygen atoms in total. The van der Waals surface area contributed by atoms with Gasteiger partial charge in [-0.25, -0.2) is 0 Å². The summed E-state index contributed by atoms with van der Waals surface area (Å²) in [5.74, 6) is -0.0883. The second kappa shape index (κ2) is 6.63. The number of carbonyl (C=O) groups is 1. The Morgan fingerprint density at radius 1 is 1.65 bits per heavy atom. The monoisotopic (exact) mass is 296 g/mol. The summed E-state index contributed by atoms with van der Waals surface area (Å²) < 4.78 is 1.96. The lowest BCUT2D eigenvalue weighted by Gasteiger charge is -2.23. The third kappa shape index (κ3) is 3.99. The molecule has 0 aromatic carbocycles. The van der Waals surface area contributed by atoms with E-state index in [1.807, 2.05) is 10.9 Å². The number of rotatable bonds is 5. The van der Waals surface area contributed by atoms with Crippen molar-refractivity contribution in [3.63, 3.8) is 0 Å². The Hall–Kier alpha value is -1.01. The average molecular weight is 296 g/mol. The number of nitrogens with one attached hydrogen (secondary N) is 2. The van der Waals surface area contributed by atoms with Crippen molar-refractivity contribution in [2.45, 2.75) is 37.5 Å². The van der Waals surface area contributed by atoms with E-state index in [1.165, 1.54) is 0 Å². The molecule has 0 radical (unpaired) electrons. The van der Waals surface area contributed by atoms with Gasteiger partial charge in [-0.1, -0.05) is 0 Å². The summed E-state index contributed by atoms with van der Waals surface area (Å²) >= 11 is 1.74. The number of nitrogens with zero attached hydrogens (tertiary/aromatic N) is 2. The Morgan fingerprint density at radius 2 is 2.45 bits per heavy atom. The van der Waals surface area contributed by atoms with Crippen LogP contribution < -0.4 is 10.6 Å². The van der Waals surface area contributed by atoms with Gasteiger partial charge in [-0.15, -0.1) is 0 Å². The van der Waals surface area contributed by atoms with E-state index in [-0.39, 0.29) is 10.7 Å². The van der Waals surface area contributed by atoms with E-state index in [9.17, 15) is 4.79 Å². The second-order valence-corrected chi connectivity index (χ2v) is 7.34. The first-order valence-electron chi connectivity index (χ1n) is 7.11. The Labute approximate surface area is 124 Å². The van der Waals surface area contributed by atoms with Crippen molar-refractivity contribution in [3.05, 3.63) is 18.0 Å². The Kier molecular flexibility index (Phi) is 5.10. The van der Waals surface area contributed by atoms with E-state index >= 15 is 0 Å². The number of hydrogen-bond acceptors (Lipinski definition) is 4. The lowest BCUT2D eigenvalue weighted by Crippen LogP contribution is -2.36. The third-order valence-corrected chi connectivity index (χ3v) is 4.96. The zero-order chi connectivity index (χ0) is 14.6. The molecule has 1 aliphatic heterocycles. The fraction of sp³-hybridized carbons (Fsp3) is 0.714. The maximum atomic E-state index is 12.1. The molecular weight excluding hydrogens is 272 g/mol. The summed E-state index contributed by atoms with van der Waals surface area (Å²) in [7, 11) is 0. The van der Waals surface area contributed by atoms with Crippen LogP contribution in [0.4, 0.5) is 0 Å². The van der Waals surface area contributed by atoms with Crippen molar-refractivity contribution in [2.24, 2.45) is 0 Å². The van der Waals surface area contributed by atoms with Gasteiger partial charge in [-0.2, -0.15) is 16.9 Å². The Bertz CT molecular complexity index is 452. The number of carbonyl (C=O) groups excluding carboxylic acids is 1. The molecule has 112 valence electrons. The van der Waals surface area contributed by atoms with E-state index in [0.29, 0.717) is 18.3 Å². The molecule has 0 aliphatic carbocycles. The summed E-state index contributed by atoms with van der Waals surface area (Å²) in [4.78, 5) is 12.1. The first-order chi connectivity index (χ1) is 9.52. The minimum absolute atomic E-state index is 0.0471. The summed E-state index contributed by atoms with van der Waals surface area (Å²) in [5.41, 5.74) is 0.507. The molecule has 1 unspecified atom stereocenters. The predicted octanol–water partition coefficient (Wildman–Crippen LogP) is 1.68. The average Bonchev–Trinajstić information content (AvgIpc) is 2.96. The van der Waals surface area contributed by atoms with E-state index in [0.717, 1.165) is 25.9 Å². The molecule has 1 fully saturated rings. The van der Waals surface area contributed by atoms with Crippen LogP contribution in [0.25, 0.3) is 0 Å². The van der Waals surface area contributed by atoms with Crippen LogP contribution in [0.15, 0.2) is 12.3 Å². The van der Waals surface area contributed by atoms with Gasteiger partial charge in [0, 0.05) is 24.0 Å². The minimum Gasteiger partial charge on any atom is -0.349 e. The Balaban J connectivity index is 1.92. The van der Waals surface area contributed by atoms with Gasteiger partial charge in [0.1, 0.15) is 5.69 Å². The summed E-state index contributed by atoms with van der Waals surface area (Å²) in [6.45, 7) is 6.89. The van der Waals surface area contributed by atoms with Crippen LogP contribution in [0.1, 0.15) is 43.2 Å². The van der Waals surface area contributed by atoms with Gasteiger partial charge in [0.25, 0.3) is 5.91 Å². The van der Waals surface area contributed by atoms with Crippen molar-refractivity contribution in [2.75, 3.05) is 25.9 Å². The molecule has 1 amide bonds. The largest absolute Gasteiger partial charge is 0.349 e. The number of thioether (sulfide) groups is 1. The van der Waals surface area contributed by atoms with Crippen molar-refractivity contribution < 1.29 is 4.79 Å². The molecule has 2 rings (SSSR count). The molecule has 1 saturated heterocycles. The minimum atomic E-state index is -0.0883. The van der Waals surface area contributed by atoms with Crippen LogP contribution in [-0.2, 0) is 0 Å². The van der Waals surface area contributed by atoms with E-state index in [1.54, 1.807) is 17.8 Å². The SMILES string of the molecule is CSC(C)(C)CNC(=O)c1ccn(C2CCCNC2)n1. The van der Waals surface area contributed by atoms with Crippen molar-refractivity contribution in [1.29, 1.82) is 0 Å². The molecule has 0 saturated carbocycles. The first kappa shape index (κ1) is 15.4. The number of hydrogen-bond donors (Lipinski definition) is 2. The van der Waals surface area contributed by atoms with Crippen molar-refractivity contribution in [3.8, 4) is 0 Å². The van der Waals surface area contributed by atoms with Crippen molar-refractivity contribution in [1.82, 2.24) is 20.4 Å². The van der Waals surface area contributed by atoms with Crippen molar-refractivity contribution >= 4 is 17.7 Å². The highest BCUT2D eigenvalue weighted by atomic mass is 32.2. The maximum absolute atomic E-state index is 12.1. The number of amides is 1. The van der Waals surface area contributed by atoms with Crippen LogP contribution in [0.3, 0.4) is 0 Å². The molecule has 2 heterocycles.